The lowest BCUT2D eigenvalue weighted by atomic mass is 10.7. The van der Waals surface area contributed by atoms with Crippen molar-refractivity contribution in [3.63, 3.8) is 0 Å². The fourth-order valence-electron chi connectivity index (χ4n) is 0.759. The number of nitrogens with zero attached hydrogens (tertiary/aromatic N) is 3. The van der Waals surface area contributed by atoms with E-state index in [1.54, 1.807) is 14.0 Å². The molecule has 66 valence electrons. The Kier molecular flexibility index (Phi) is 2.24. The number of hydrogen-bond donors (Lipinski definition) is 3. The molecule has 12 heavy (non-hydrogen) atoms. The van der Waals surface area contributed by atoms with Gasteiger partial charge in [0.2, 0.25) is 5.95 Å². The molecule has 0 fully saturated rings. The van der Waals surface area contributed by atoms with E-state index in [-0.39, 0.29) is 0 Å². The first-order valence-electron chi connectivity index (χ1n) is 3.28. The second kappa shape index (κ2) is 3.18. The van der Waals surface area contributed by atoms with Gasteiger partial charge in [-0.2, -0.15) is 10.1 Å². The van der Waals surface area contributed by atoms with Gasteiger partial charge in [0.05, 0.1) is 0 Å². The summed E-state index contributed by atoms with van der Waals surface area (Å²) in [6, 6.07) is -0.523. The van der Waals surface area contributed by atoms with Gasteiger partial charge in [-0.3, -0.25) is 10.7 Å². The van der Waals surface area contributed by atoms with Crippen molar-refractivity contribution >= 4 is 12.0 Å². The number of nitrogens with one attached hydrogen (secondary N) is 2. The van der Waals surface area contributed by atoms with Gasteiger partial charge in [0.15, 0.2) is 0 Å². The van der Waals surface area contributed by atoms with Crippen LogP contribution in [-0.4, -0.2) is 20.8 Å². The maximum absolute atomic E-state index is 10.7. The molecule has 0 radical (unpaired) electrons. The molecular weight excluding hydrogens is 160 g/mol. The van der Waals surface area contributed by atoms with Gasteiger partial charge in [-0.15, -0.1) is 0 Å². The summed E-state index contributed by atoms with van der Waals surface area (Å²) in [5.41, 5.74) is 1.92. The van der Waals surface area contributed by atoms with Gasteiger partial charge in [-0.05, 0) is 6.92 Å². The van der Waals surface area contributed by atoms with Crippen molar-refractivity contribution in [1.29, 1.82) is 0 Å². The zero-order chi connectivity index (χ0) is 9.14. The van der Waals surface area contributed by atoms with Crippen LogP contribution in [0.5, 0.6) is 0 Å². The quantitative estimate of drug-likeness (QED) is 0.289. The van der Waals surface area contributed by atoms with E-state index in [1.807, 2.05) is 5.43 Å². The number of rotatable bonds is 1. The first-order chi connectivity index (χ1) is 5.63. The van der Waals surface area contributed by atoms with Crippen LogP contribution in [0.4, 0.5) is 10.7 Å². The second-order valence-corrected chi connectivity index (χ2v) is 2.20. The van der Waals surface area contributed by atoms with Gasteiger partial charge in [0.25, 0.3) is 0 Å². The normalized spacial score (nSPS) is 9.58. The van der Waals surface area contributed by atoms with E-state index in [0.29, 0.717) is 11.8 Å². The molecule has 4 N–H and O–H groups in total. The van der Waals surface area contributed by atoms with Gasteiger partial charge in [0, 0.05) is 7.05 Å². The largest absolute Gasteiger partial charge is 0.335 e. The van der Waals surface area contributed by atoms with Crippen molar-refractivity contribution < 1.29 is 4.79 Å². The minimum Gasteiger partial charge on any atom is -0.276 e. The van der Waals surface area contributed by atoms with Gasteiger partial charge >= 0.3 is 6.03 Å². The molecule has 7 heteroatoms. The van der Waals surface area contributed by atoms with E-state index in [1.165, 1.54) is 4.68 Å². The van der Waals surface area contributed by atoms with E-state index in [4.69, 9.17) is 5.84 Å². The Morgan fingerprint density at radius 1 is 1.67 bits per heavy atom. The minimum atomic E-state index is -0.523. The van der Waals surface area contributed by atoms with E-state index in [0.717, 1.165) is 0 Å². The lowest BCUT2D eigenvalue weighted by molar-refractivity contribution is 0.252. The maximum Gasteiger partial charge on any atom is 0.335 e. The first-order valence-corrected chi connectivity index (χ1v) is 3.28. The van der Waals surface area contributed by atoms with Crippen molar-refractivity contribution in [2.75, 3.05) is 5.32 Å². The zero-order valence-electron chi connectivity index (χ0n) is 6.83. The predicted octanol–water partition coefficient (Wildman–Crippen LogP) is -0.881. The monoisotopic (exact) mass is 170 g/mol. The number of carbonyl (C=O) groups is 1. The summed E-state index contributed by atoms with van der Waals surface area (Å²) in [6.07, 6.45) is 0. The molecule has 0 aliphatic heterocycles. The average Bonchev–Trinajstić information content (AvgIpc) is 2.30. The molecule has 7 nitrogen and oxygen atoms in total. The highest BCUT2D eigenvalue weighted by Gasteiger charge is 2.05. The Bertz CT molecular complexity index is 292. The molecule has 2 amide bonds. The van der Waals surface area contributed by atoms with Gasteiger partial charge < -0.3 is 0 Å². The molecule has 0 bridgehead atoms. The number of anilines is 1. The fraction of sp³-hybridized carbons (Fsp3) is 0.400. The van der Waals surface area contributed by atoms with E-state index in [2.05, 4.69) is 15.4 Å². The highest BCUT2D eigenvalue weighted by atomic mass is 16.2. The predicted molar refractivity (Wildman–Crippen MR) is 42.1 cm³/mol. The molecule has 1 aromatic heterocycles. The molecule has 0 spiro atoms. The summed E-state index contributed by atoms with van der Waals surface area (Å²) in [7, 11) is 1.67. The number of nitrogens with two attached hydrogens (primary N) is 1. The standard InChI is InChI=1S/C5H10N6O/c1-3-7-4(11(2)10-3)8-5(12)9-6/h6H2,1-2H3,(H2,7,8,9,10,12). The summed E-state index contributed by atoms with van der Waals surface area (Å²) in [4.78, 5) is 14.6. The van der Waals surface area contributed by atoms with Crippen molar-refractivity contribution in [3.05, 3.63) is 5.82 Å². The summed E-state index contributed by atoms with van der Waals surface area (Å²) in [6.45, 7) is 1.73. The fourth-order valence-corrected chi connectivity index (χ4v) is 0.759. The molecule has 0 saturated heterocycles. The van der Waals surface area contributed by atoms with Crippen LogP contribution in [0.2, 0.25) is 0 Å². The smallest absolute Gasteiger partial charge is 0.276 e. The maximum atomic E-state index is 10.7. The highest BCUT2D eigenvalue weighted by molar-refractivity contribution is 5.86. The Balaban J connectivity index is 2.75. The summed E-state index contributed by atoms with van der Waals surface area (Å²) < 4.78 is 1.45. The molecule has 0 aliphatic carbocycles. The minimum absolute atomic E-state index is 0.357. The Morgan fingerprint density at radius 3 is 2.75 bits per heavy atom. The van der Waals surface area contributed by atoms with Crippen LogP contribution in [0.25, 0.3) is 0 Å². The number of amides is 2. The number of hydrazine groups is 1. The molecule has 1 rings (SSSR count). The van der Waals surface area contributed by atoms with Gasteiger partial charge in [-0.1, -0.05) is 0 Å². The van der Waals surface area contributed by atoms with E-state index < -0.39 is 6.03 Å². The van der Waals surface area contributed by atoms with Crippen molar-refractivity contribution in [1.82, 2.24) is 20.2 Å². The van der Waals surface area contributed by atoms with Gasteiger partial charge in [-0.25, -0.2) is 15.3 Å². The van der Waals surface area contributed by atoms with Crippen LogP contribution in [-0.2, 0) is 7.05 Å². The Morgan fingerprint density at radius 2 is 2.33 bits per heavy atom. The number of aromatic nitrogens is 3. The third kappa shape index (κ3) is 1.70. The van der Waals surface area contributed by atoms with Crippen LogP contribution in [0.1, 0.15) is 5.82 Å². The van der Waals surface area contributed by atoms with Crippen LogP contribution in [0.15, 0.2) is 0 Å². The van der Waals surface area contributed by atoms with Crippen LogP contribution < -0.4 is 16.6 Å². The van der Waals surface area contributed by atoms with E-state index in [9.17, 15) is 4.79 Å². The van der Waals surface area contributed by atoms with Crippen LogP contribution in [0.3, 0.4) is 0 Å². The number of hydrogen-bond acceptors (Lipinski definition) is 4. The molecular formula is C5H10N6O. The number of aryl methyl sites for hydroxylation is 2. The lowest BCUT2D eigenvalue weighted by Crippen LogP contribution is -2.35. The molecule has 1 aromatic rings. The first kappa shape index (κ1) is 8.47. The van der Waals surface area contributed by atoms with Gasteiger partial charge in [0.1, 0.15) is 5.82 Å². The van der Waals surface area contributed by atoms with Crippen LogP contribution >= 0.6 is 0 Å². The molecule has 0 saturated carbocycles. The summed E-state index contributed by atoms with van der Waals surface area (Å²) in [5, 5.41) is 6.32. The molecule has 0 atom stereocenters. The second-order valence-electron chi connectivity index (χ2n) is 2.20. The van der Waals surface area contributed by atoms with Crippen molar-refractivity contribution in [2.45, 2.75) is 6.92 Å². The Labute approximate surface area is 68.9 Å². The Hall–Kier alpha value is -1.63. The van der Waals surface area contributed by atoms with E-state index >= 15 is 0 Å². The van der Waals surface area contributed by atoms with Crippen LogP contribution in [0, 0.1) is 6.92 Å². The molecule has 1 heterocycles. The highest BCUT2D eigenvalue weighted by Crippen LogP contribution is 2.00. The average molecular weight is 170 g/mol. The van der Waals surface area contributed by atoms with Crippen molar-refractivity contribution in [2.24, 2.45) is 12.9 Å². The SMILES string of the molecule is Cc1nc(NC(=O)NN)n(C)n1. The molecule has 0 unspecified atom stereocenters. The molecule has 0 aliphatic rings. The third-order valence-electron chi connectivity index (χ3n) is 1.23. The summed E-state index contributed by atoms with van der Waals surface area (Å²) in [5.74, 6) is 5.80. The number of carbonyl (C=O) groups excluding carboxylic acids is 1. The van der Waals surface area contributed by atoms with Crippen molar-refractivity contribution in [3.8, 4) is 0 Å². The third-order valence-corrected chi connectivity index (χ3v) is 1.23. The zero-order valence-corrected chi connectivity index (χ0v) is 6.83. The topological polar surface area (TPSA) is 97.9 Å². The lowest BCUT2D eigenvalue weighted by Gasteiger charge is -2.00. The number of urea groups is 1. The molecule has 0 aromatic carbocycles. The summed E-state index contributed by atoms with van der Waals surface area (Å²) >= 11 is 0.